The van der Waals surface area contributed by atoms with Gasteiger partial charge < -0.3 is 19.7 Å². The van der Waals surface area contributed by atoms with E-state index >= 15 is 0 Å². The van der Waals surface area contributed by atoms with Crippen LogP contribution in [-0.2, 0) is 26.2 Å². The summed E-state index contributed by atoms with van der Waals surface area (Å²) in [6.45, 7) is 9.01. The number of hydrogen-bond donors (Lipinski definition) is 1. The van der Waals surface area contributed by atoms with E-state index in [2.05, 4.69) is 5.32 Å². The smallest absolute Gasteiger partial charge is 0.264 e. The second-order valence-corrected chi connectivity index (χ2v) is 12.3. The van der Waals surface area contributed by atoms with Gasteiger partial charge in [0.05, 0.1) is 24.8 Å². The largest absolute Gasteiger partial charge is 0.493 e. The van der Waals surface area contributed by atoms with Gasteiger partial charge in [0.15, 0.2) is 11.5 Å². The van der Waals surface area contributed by atoms with Gasteiger partial charge >= 0.3 is 0 Å². The molecule has 1 N–H and O–H groups in total. The Hall–Kier alpha value is -4.05. The van der Waals surface area contributed by atoms with E-state index in [1.165, 1.54) is 37.3 Å². The van der Waals surface area contributed by atoms with Gasteiger partial charge in [-0.2, -0.15) is 0 Å². The maximum absolute atomic E-state index is 14.2. The van der Waals surface area contributed by atoms with Gasteiger partial charge in [0.2, 0.25) is 11.8 Å². The number of carbonyl (C=O) groups excluding carboxylic acids is 2. The molecular formula is C32H41N3O6S. The summed E-state index contributed by atoms with van der Waals surface area (Å²) in [5.74, 6) is -0.183. The van der Waals surface area contributed by atoms with Gasteiger partial charge in [-0.05, 0) is 63.9 Å². The summed E-state index contributed by atoms with van der Waals surface area (Å²) < 4.78 is 40.0. The second kappa shape index (κ2) is 14.2. The standard InChI is InChI=1S/C32H41N3O6S/c1-8-28(32(37)33-22(2)3)34(20-25-11-9-10-24(5)18-25)31(36)21-35(26-14-12-23(4)13-15-26)42(38,39)27-16-17-29(40-6)30(19-27)41-7/h9-19,22,28H,8,20-21H2,1-7H3,(H,33,37)/t28-/m1/s1. The molecule has 0 heterocycles. The molecule has 3 aromatic carbocycles. The highest BCUT2D eigenvalue weighted by molar-refractivity contribution is 7.92. The number of nitrogens with zero attached hydrogens (tertiary/aromatic N) is 2. The second-order valence-electron chi connectivity index (χ2n) is 10.5. The summed E-state index contributed by atoms with van der Waals surface area (Å²) in [5, 5.41) is 2.91. The molecule has 3 rings (SSSR count). The van der Waals surface area contributed by atoms with Crippen LogP contribution in [0.3, 0.4) is 0 Å². The molecule has 0 saturated carbocycles. The Labute approximate surface area is 249 Å². The summed E-state index contributed by atoms with van der Waals surface area (Å²) in [6, 6.07) is 17.9. The van der Waals surface area contributed by atoms with Crippen molar-refractivity contribution < 1.29 is 27.5 Å². The van der Waals surface area contributed by atoms with E-state index in [1.54, 1.807) is 24.3 Å². The highest BCUT2D eigenvalue weighted by atomic mass is 32.2. The lowest BCUT2D eigenvalue weighted by Crippen LogP contribution is -2.53. The van der Waals surface area contributed by atoms with E-state index in [0.29, 0.717) is 17.9 Å². The SMILES string of the molecule is CC[C@H](C(=O)NC(C)C)N(Cc1cccc(C)c1)C(=O)CN(c1ccc(C)cc1)S(=O)(=O)c1ccc(OC)c(OC)c1. The predicted octanol–water partition coefficient (Wildman–Crippen LogP) is 4.85. The third-order valence-electron chi connectivity index (χ3n) is 6.80. The summed E-state index contributed by atoms with van der Waals surface area (Å²) >= 11 is 0. The van der Waals surface area contributed by atoms with Gasteiger partial charge in [-0.15, -0.1) is 0 Å². The van der Waals surface area contributed by atoms with Crippen molar-refractivity contribution in [2.75, 3.05) is 25.1 Å². The Kier molecular flexibility index (Phi) is 11.0. The Morgan fingerprint density at radius 2 is 1.55 bits per heavy atom. The molecule has 3 aromatic rings. The van der Waals surface area contributed by atoms with Gasteiger partial charge in [0, 0.05) is 18.7 Å². The van der Waals surface area contributed by atoms with E-state index in [0.717, 1.165) is 21.0 Å². The number of benzene rings is 3. The van der Waals surface area contributed by atoms with Crippen LogP contribution in [0.1, 0.15) is 43.9 Å². The predicted molar refractivity (Wildman–Crippen MR) is 164 cm³/mol. The van der Waals surface area contributed by atoms with E-state index in [9.17, 15) is 18.0 Å². The number of rotatable bonds is 13. The molecule has 0 fully saturated rings. The van der Waals surface area contributed by atoms with Gasteiger partial charge in [-0.25, -0.2) is 8.42 Å². The van der Waals surface area contributed by atoms with E-state index in [1.807, 2.05) is 58.9 Å². The molecule has 0 aliphatic carbocycles. The molecule has 10 heteroatoms. The van der Waals surface area contributed by atoms with Crippen molar-refractivity contribution in [2.45, 2.75) is 64.6 Å². The Morgan fingerprint density at radius 1 is 0.881 bits per heavy atom. The molecular weight excluding hydrogens is 554 g/mol. The Bertz CT molecular complexity index is 1490. The maximum atomic E-state index is 14.2. The highest BCUT2D eigenvalue weighted by Crippen LogP contribution is 2.32. The minimum absolute atomic E-state index is 0.0663. The van der Waals surface area contributed by atoms with Crippen LogP contribution in [0, 0.1) is 13.8 Å². The summed E-state index contributed by atoms with van der Waals surface area (Å²) in [5.41, 5.74) is 3.10. The number of anilines is 1. The number of aryl methyl sites for hydroxylation is 2. The fourth-order valence-corrected chi connectivity index (χ4v) is 6.08. The first-order valence-electron chi connectivity index (χ1n) is 13.9. The molecule has 2 amide bonds. The molecule has 9 nitrogen and oxygen atoms in total. The van der Waals surface area contributed by atoms with Gasteiger partial charge in [0.1, 0.15) is 12.6 Å². The van der Waals surface area contributed by atoms with Crippen LogP contribution in [0.4, 0.5) is 5.69 Å². The van der Waals surface area contributed by atoms with Crippen molar-refractivity contribution in [3.8, 4) is 11.5 Å². The lowest BCUT2D eigenvalue weighted by Gasteiger charge is -2.33. The minimum atomic E-state index is -4.25. The van der Waals surface area contributed by atoms with Crippen LogP contribution < -0.4 is 19.1 Å². The number of sulfonamides is 1. The Morgan fingerprint density at radius 3 is 2.12 bits per heavy atom. The molecule has 1 atom stereocenters. The number of nitrogens with one attached hydrogen (secondary N) is 1. The normalized spacial score (nSPS) is 12.0. The summed E-state index contributed by atoms with van der Waals surface area (Å²) in [7, 11) is -1.37. The third kappa shape index (κ3) is 7.82. The molecule has 0 aliphatic rings. The highest BCUT2D eigenvalue weighted by Gasteiger charge is 2.34. The fraction of sp³-hybridized carbons (Fsp3) is 0.375. The number of hydrogen-bond acceptors (Lipinski definition) is 6. The van der Waals surface area contributed by atoms with Crippen LogP contribution in [0.5, 0.6) is 11.5 Å². The molecule has 0 aliphatic heterocycles. The number of amides is 2. The zero-order valence-corrected chi connectivity index (χ0v) is 26.2. The third-order valence-corrected chi connectivity index (χ3v) is 8.57. The van der Waals surface area contributed by atoms with E-state index < -0.39 is 28.5 Å². The topological polar surface area (TPSA) is 105 Å². The quantitative estimate of drug-likeness (QED) is 0.303. The Balaban J connectivity index is 2.10. The van der Waals surface area contributed by atoms with Crippen molar-refractivity contribution in [3.63, 3.8) is 0 Å². The monoisotopic (exact) mass is 595 g/mol. The molecule has 0 saturated heterocycles. The van der Waals surface area contributed by atoms with Crippen molar-refractivity contribution in [3.05, 3.63) is 83.4 Å². The van der Waals surface area contributed by atoms with Gasteiger partial charge in [-0.3, -0.25) is 13.9 Å². The molecule has 0 aromatic heterocycles. The number of carbonyl (C=O) groups is 2. The molecule has 0 radical (unpaired) electrons. The van der Waals surface area contributed by atoms with E-state index in [4.69, 9.17) is 9.47 Å². The average Bonchev–Trinajstić information content (AvgIpc) is 2.95. The van der Waals surface area contributed by atoms with Crippen molar-refractivity contribution in [2.24, 2.45) is 0 Å². The lowest BCUT2D eigenvalue weighted by atomic mass is 10.1. The summed E-state index contributed by atoms with van der Waals surface area (Å²) in [4.78, 5) is 28.8. The van der Waals surface area contributed by atoms with Crippen LogP contribution in [0.25, 0.3) is 0 Å². The van der Waals surface area contributed by atoms with Gasteiger partial charge in [-0.1, -0.05) is 54.4 Å². The number of ether oxygens (including phenoxy) is 2. The van der Waals surface area contributed by atoms with Crippen molar-refractivity contribution >= 4 is 27.5 Å². The first-order valence-corrected chi connectivity index (χ1v) is 15.3. The van der Waals surface area contributed by atoms with Gasteiger partial charge in [0.25, 0.3) is 10.0 Å². The van der Waals surface area contributed by atoms with Crippen LogP contribution in [-0.4, -0.2) is 58.0 Å². The average molecular weight is 596 g/mol. The van der Waals surface area contributed by atoms with Crippen molar-refractivity contribution in [1.82, 2.24) is 10.2 Å². The van der Waals surface area contributed by atoms with E-state index in [-0.39, 0.29) is 29.1 Å². The van der Waals surface area contributed by atoms with Crippen LogP contribution in [0.15, 0.2) is 71.6 Å². The first kappa shape index (κ1) is 32.5. The maximum Gasteiger partial charge on any atom is 0.264 e. The molecule has 0 unspecified atom stereocenters. The molecule has 0 spiro atoms. The first-order chi connectivity index (χ1) is 19.9. The zero-order valence-electron chi connectivity index (χ0n) is 25.4. The summed E-state index contributed by atoms with van der Waals surface area (Å²) in [6.07, 6.45) is 0.350. The lowest BCUT2D eigenvalue weighted by molar-refractivity contribution is -0.140. The molecule has 0 bridgehead atoms. The number of methoxy groups -OCH3 is 2. The van der Waals surface area contributed by atoms with Crippen molar-refractivity contribution in [1.29, 1.82) is 0 Å². The van der Waals surface area contributed by atoms with Crippen LogP contribution in [0.2, 0.25) is 0 Å². The molecule has 42 heavy (non-hydrogen) atoms. The minimum Gasteiger partial charge on any atom is -0.493 e. The molecule has 226 valence electrons. The zero-order chi connectivity index (χ0) is 31.0. The fourth-order valence-electron chi connectivity index (χ4n) is 4.65. The van der Waals surface area contributed by atoms with Crippen LogP contribution >= 0.6 is 0 Å².